The Morgan fingerprint density at radius 2 is 1.89 bits per heavy atom. The van der Waals surface area contributed by atoms with E-state index in [0.29, 0.717) is 5.96 Å². The number of rotatable bonds is 8. The van der Waals surface area contributed by atoms with Crippen molar-refractivity contribution in [2.75, 3.05) is 32.7 Å². The van der Waals surface area contributed by atoms with E-state index in [0.717, 1.165) is 39.1 Å². The zero-order chi connectivity index (χ0) is 13.9. The highest BCUT2D eigenvalue weighted by atomic mass is 15.1. The molecule has 106 valence electrons. The van der Waals surface area contributed by atoms with E-state index >= 15 is 0 Å². The summed E-state index contributed by atoms with van der Waals surface area (Å²) in [5, 5.41) is 3.15. The lowest BCUT2D eigenvalue weighted by Gasteiger charge is -2.16. The molecular formula is C15H26N4. The quantitative estimate of drug-likeness (QED) is 0.551. The van der Waals surface area contributed by atoms with Crippen molar-refractivity contribution in [1.29, 1.82) is 0 Å². The van der Waals surface area contributed by atoms with E-state index in [-0.39, 0.29) is 0 Å². The van der Waals surface area contributed by atoms with Crippen LogP contribution in [0.2, 0.25) is 0 Å². The predicted octanol–water partition coefficient (Wildman–Crippen LogP) is 1.48. The fourth-order valence-corrected chi connectivity index (χ4v) is 1.89. The number of hydrogen-bond acceptors (Lipinski definition) is 2. The second-order valence-electron chi connectivity index (χ2n) is 4.46. The molecule has 0 bridgehead atoms. The lowest BCUT2D eigenvalue weighted by atomic mass is 10.1. The fraction of sp³-hybridized carbons (Fsp3) is 0.533. The molecule has 1 rings (SSSR count). The molecule has 0 radical (unpaired) electrons. The normalized spacial score (nSPS) is 11.8. The van der Waals surface area contributed by atoms with Crippen molar-refractivity contribution in [2.45, 2.75) is 20.3 Å². The lowest BCUT2D eigenvalue weighted by molar-refractivity contribution is 0.313. The van der Waals surface area contributed by atoms with Crippen LogP contribution < -0.4 is 11.1 Å². The van der Waals surface area contributed by atoms with E-state index in [1.807, 2.05) is 6.07 Å². The molecule has 0 aliphatic rings. The minimum atomic E-state index is 0.545. The van der Waals surface area contributed by atoms with Gasteiger partial charge in [0.05, 0.1) is 6.54 Å². The fourth-order valence-electron chi connectivity index (χ4n) is 1.89. The van der Waals surface area contributed by atoms with E-state index in [9.17, 15) is 0 Å². The minimum absolute atomic E-state index is 0.545. The summed E-state index contributed by atoms with van der Waals surface area (Å²) in [5.41, 5.74) is 7.14. The molecule has 0 amide bonds. The lowest BCUT2D eigenvalue weighted by Crippen LogP contribution is -2.34. The first-order valence-corrected chi connectivity index (χ1v) is 7.06. The third kappa shape index (κ3) is 6.82. The van der Waals surface area contributed by atoms with Gasteiger partial charge in [-0.15, -0.1) is 0 Å². The van der Waals surface area contributed by atoms with E-state index < -0.39 is 0 Å². The van der Waals surface area contributed by atoms with Gasteiger partial charge >= 0.3 is 0 Å². The Kier molecular flexibility index (Phi) is 7.66. The number of likely N-dealkylation sites (N-methyl/N-ethyl adjacent to an activating group) is 1. The van der Waals surface area contributed by atoms with Gasteiger partial charge in [-0.05, 0) is 25.1 Å². The molecule has 0 aromatic heterocycles. The molecule has 0 saturated carbocycles. The van der Waals surface area contributed by atoms with Gasteiger partial charge in [0.25, 0.3) is 0 Å². The molecule has 0 aliphatic carbocycles. The summed E-state index contributed by atoms with van der Waals surface area (Å²) in [4.78, 5) is 6.67. The zero-order valence-corrected chi connectivity index (χ0v) is 12.1. The number of benzene rings is 1. The van der Waals surface area contributed by atoms with E-state index in [4.69, 9.17) is 5.73 Å². The molecule has 0 atom stereocenters. The van der Waals surface area contributed by atoms with Gasteiger partial charge in [-0.25, -0.2) is 0 Å². The summed E-state index contributed by atoms with van der Waals surface area (Å²) < 4.78 is 0. The van der Waals surface area contributed by atoms with Gasteiger partial charge in [0.2, 0.25) is 0 Å². The zero-order valence-electron chi connectivity index (χ0n) is 12.1. The maximum atomic E-state index is 5.83. The number of nitrogens with two attached hydrogens (primary N) is 1. The van der Waals surface area contributed by atoms with Gasteiger partial charge < -0.3 is 16.0 Å². The van der Waals surface area contributed by atoms with Crippen LogP contribution in [0.5, 0.6) is 0 Å². The highest BCUT2D eigenvalue weighted by Gasteiger charge is 1.97. The van der Waals surface area contributed by atoms with Crippen molar-refractivity contribution >= 4 is 5.96 Å². The first-order chi connectivity index (χ1) is 9.26. The standard InChI is InChI=1S/C15H26N4/c1-3-19(4-2)13-12-18-15(16)17-11-10-14-8-6-5-7-9-14/h5-9H,3-4,10-13H2,1-2H3,(H3,16,17,18). The first-order valence-electron chi connectivity index (χ1n) is 7.06. The molecule has 1 aromatic rings. The van der Waals surface area contributed by atoms with Crippen LogP contribution in [0.1, 0.15) is 19.4 Å². The number of hydrogen-bond donors (Lipinski definition) is 2. The molecule has 0 spiro atoms. The summed E-state index contributed by atoms with van der Waals surface area (Å²) in [7, 11) is 0. The molecule has 3 N–H and O–H groups in total. The molecule has 4 nitrogen and oxygen atoms in total. The summed E-state index contributed by atoms with van der Waals surface area (Å²) in [6.45, 7) is 8.99. The Morgan fingerprint density at radius 3 is 2.53 bits per heavy atom. The van der Waals surface area contributed by atoms with Crippen molar-refractivity contribution < 1.29 is 0 Å². The predicted molar refractivity (Wildman–Crippen MR) is 82.4 cm³/mol. The smallest absolute Gasteiger partial charge is 0.188 e. The highest BCUT2D eigenvalue weighted by molar-refractivity contribution is 5.77. The van der Waals surface area contributed by atoms with Crippen molar-refractivity contribution in [3.63, 3.8) is 0 Å². The number of aliphatic imine (C=N–C) groups is 1. The number of nitrogens with zero attached hydrogens (tertiary/aromatic N) is 2. The second-order valence-corrected chi connectivity index (χ2v) is 4.46. The third-order valence-corrected chi connectivity index (χ3v) is 3.16. The Bertz CT molecular complexity index is 358. The van der Waals surface area contributed by atoms with E-state index in [1.54, 1.807) is 0 Å². The van der Waals surface area contributed by atoms with Crippen LogP contribution in [-0.2, 0) is 6.42 Å². The Morgan fingerprint density at radius 1 is 1.21 bits per heavy atom. The van der Waals surface area contributed by atoms with Crippen molar-refractivity contribution in [2.24, 2.45) is 10.7 Å². The minimum Gasteiger partial charge on any atom is -0.370 e. The van der Waals surface area contributed by atoms with Crippen LogP contribution in [0.15, 0.2) is 35.3 Å². The van der Waals surface area contributed by atoms with Crippen LogP contribution in [0, 0.1) is 0 Å². The highest BCUT2D eigenvalue weighted by Crippen LogP contribution is 1.97. The van der Waals surface area contributed by atoms with Gasteiger partial charge in [0.15, 0.2) is 5.96 Å². The summed E-state index contributed by atoms with van der Waals surface area (Å²) in [5.74, 6) is 0.545. The summed E-state index contributed by atoms with van der Waals surface area (Å²) in [6.07, 6.45) is 0.965. The molecule has 4 heteroatoms. The van der Waals surface area contributed by atoms with Gasteiger partial charge in [-0.1, -0.05) is 44.2 Å². The number of guanidine groups is 1. The average molecular weight is 262 g/mol. The molecule has 0 saturated heterocycles. The maximum absolute atomic E-state index is 5.83. The molecule has 0 unspecified atom stereocenters. The topological polar surface area (TPSA) is 53.6 Å². The maximum Gasteiger partial charge on any atom is 0.188 e. The summed E-state index contributed by atoms with van der Waals surface area (Å²) >= 11 is 0. The Balaban J connectivity index is 2.18. The average Bonchev–Trinajstić information content (AvgIpc) is 2.45. The SMILES string of the molecule is CCN(CC)CCN=C(N)NCCc1ccccc1. The van der Waals surface area contributed by atoms with Gasteiger partial charge in [-0.2, -0.15) is 0 Å². The first kappa shape index (κ1) is 15.5. The molecule has 1 aromatic carbocycles. The Hall–Kier alpha value is -1.55. The monoisotopic (exact) mass is 262 g/mol. The molecule has 19 heavy (non-hydrogen) atoms. The van der Waals surface area contributed by atoms with Crippen LogP contribution in [-0.4, -0.2) is 43.6 Å². The van der Waals surface area contributed by atoms with Gasteiger partial charge in [0, 0.05) is 13.1 Å². The van der Waals surface area contributed by atoms with Crippen molar-refractivity contribution in [3.8, 4) is 0 Å². The van der Waals surface area contributed by atoms with E-state index in [2.05, 4.69) is 53.3 Å². The van der Waals surface area contributed by atoms with Crippen LogP contribution in [0.25, 0.3) is 0 Å². The molecule has 0 fully saturated rings. The third-order valence-electron chi connectivity index (χ3n) is 3.16. The van der Waals surface area contributed by atoms with Crippen molar-refractivity contribution in [3.05, 3.63) is 35.9 Å². The molecule has 0 aliphatic heterocycles. The second kappa shape index (κ2) is 9.39. The Labute approximate surface area is 116 Å². The molecular weight excluding hydrogens is 236 g/mol. The number of nitrogens with one attached hydrogen (secondary N) is 1. The van der Waals surface area contributed by atoms with Crippen molar-refractivity contribution in [1.82, 2.24) is 10.2 Å². The molecule has 0 heterocycles. The summed E-state index contributed by atoms with van der Waals surface area (Å²) in [6, 6.07) is 10.4. The van der Waals surface area contributed by atoms with Crippen LogP contribution in [0.4, 0.5) is 0 Å². The van der Waals surface area contributed by atoms with Crippen LogP contribution >= 0.6 is 0 Å². The van der Waals surface area contributed by atoms with Gasteiger partial charge in [0.1, 0.15) is 0 Å². The van der Waals surface area contributed by atoms with E-state index in [1.165, 1.54) is 5.56 Å². The van der Waals surface area contributed by atoms with Gasteiger partial charge in [-0.3, -0.25) is 4.99 Å². The van der Waals surface area contributed by atoms with Crippen LogP contribution in [0.3, 0.4) is 0 Å². The largest absolute Gasteiger partial charge is 0.370 e.